The van der Waals surface area contributed by atoms with E-state index in [1.54, 1.807) is 13.2 Å². The van der Waals surface area contributed by atoms with E-state index in [0.717, 1.165) is 44.5 Å². The number of benzene rings is 2. The minimum atomic E-state index is -1.53. The predicted molar refractivity (Wildman–Crippen MR) is 169 cm³/mol. The van der Waals surface area contributed by atoms with Crippen molar-refractivity contribution in [3.63, 3.8) is 0 Å². The third kappa shape index (κ3) is 6.16. The Kier molecular flexibility index (Phi) is 9.37. The van der Waals surface area contributed by atoms with E-state index in [1.165, 1.54) is 17.7 Å². The Morgan fingerprint density at radius 2 is 1.95 bits per heavy atom. The second-order valence-corrected chi connectivity index (χ2v) is 15.0. The number of aryl methyl sites for hydroxylation is 1. The van der Waals surface area contributed by atoms with Gasteiger partial charge in [0.2, 0.25) is 0 Å². The topological polar surface area (TPSA) is 67.9 Å². The van der Waals surface area contributed by atoms with Crippen molar-refractivity contribution in [1.82, 2.24) is 4.72 Å². The normalized spacial score (nSPS) is 31.8. The molecule has 7 rings (SSSR count). The maximum atomic E-state index is 14.5. The zero-order valence-corrected chi connectivity index (χ0v) is 27.1. The van der Waals surface area contributed by atoms with E-state index < -0.39 is 27.6 Å². The molecule has 3 aliphatic heterocycles. The van der Waals surface area contributed by atoms with E-state index in [4.69, 9.17) is 21.1 Å². The van der Waals surface area contributed by atoms with Crippen molar-refractivity contribution in [2.45, 2.75) is 63.7 Å². The zero-order chi connectivity index (χ0) is 31.1. The maximum Gasteiger partial charge on any atom is 0.263 e. The predicted octanol–water partition coefficient (Wildman–Crippen LogP) is 6.88. The number of carbonyl (C=O) groups excluding carboxylic acids is 1. The van der Waals surface area contributed by atoms with Gasteiger partial charge in [-0.15, -0.1) is 0 Å². The fourth-order valence-corrected chi connectivity index (χ4v) is 8.60. The van der Waals surface area contributed by atoms with Gasteiger partial charge in [0.1, 0.15) is 33.4 Å². The number of methoxy groups -OCH3 is 1. The van der Waals surface area contributed by atoms with Gasteiger partial charge in [0.15, 0.2) is 0 Å². The molecule has 0 aromatic heterocycles. The third-order valence-electron chi connectivity index (χ3n) is 10.5. The Balaban J connectivity index is 1.26. The fourth-order valence-electron chi connectivity index (χ4n) is 7.34. The Morgan fingerprint density at radius 3 is 2.68 bits per heavy atom. The van der Waals surface area contributed by atoms with E-state index in [-0.39, 0.29) is 29.1 Å². The van der Waals surface area contributed by atoms with Gasteiger partial charge in [0, 0.05) is 31.7 Å². The van der Waals surface area contributed by atoms with E-state index >= 15 is 0 Å². The molecule has 5 aliphatic rings. The van der Waals surface area contributed by atoms with E-state index in [2.05, 4.69) is 22.6 Å². The fraction of sp³-hybridized carbons (Fsp3) is 0.559. The van der Waals surface area contributed by atoms with Crippen LogP contribution in [0.15, 0.2) is 42.0 Å². The molecule has 1 N–H and O–H groups in total. The summed E-state index contributed by atoms with van der Waals surface area (Å²) in [6, 6.07) is 8.11. The number of hydrogen-bond acceptors (Lipinski definition) is 5. The van der Waals surface area contributed by atoms with Gasteiger partial charge in [-0.1, -0.05) is 30.7 Å². The van der Waals surface area contributed by atoms with Crippen molar-refractivity contribution in [2.75, 3.05) is 31.7 Å². The molecule has 8 atom stereocenters. The number of hydrogen-bond donors (Lipinski definition) is 1. The number of ether oxygens (including phenoxy) is 2. The molecule has 0 radical (unpaired) electrons. The minimum absolute atomic E-state index is 0.0767. The number of anilines is 1. The molecule has 4 bridgehead atoms. The van der Waals surface area contributed by atoms with Gasteiger partial charge in [-0.3, -0.25) is 9.52 Å². The average Bonchev–Trinajstić information content (AvgIpc) is 3.15. The van der Waals surface area contributed by atoms with Crippen molar-refractivity contribution in [2.24, 2.45) is 29.6 Å². The number of rotatable bonds is 5. The highest BCUT2D eigenvalue weighted by Crippen LogP contribution is 2.47. The van der Waals surface area contributed by atoms with Crippen LogP contribution in [0.3, 0.4) is 0 Å². The summed E-state index contributed by atoms with van der Waals surface area (Å²) < 4.78 is 56.5. The first-order chi connectivity index (χ1) is 21.1. The standard InChI is InChI=1S/C34H41ClF2N2O4S/c1-19-20(2)44(41)38-34(40)23-9-12-30-29(15-23)39(17-24-7-10-27(24)33(42-3)26-13-25(19)14-26)16-21(18-43-30)5-4-6-22-8-11-28(36)31(35)32(22)37/h8-9,11-13,15,19-21,24-25,27,33H,4-7,10,14,16-18H2,1-3H3,(H,38,40)/t19-,20?,21?,24?,25+,27?,33?,44?/m1/s1. The largest absolute Gasteiger partial charge is 0.491 e. The molecule has 10 heteroatoms. The molecular formula is C34H41ClF2N2O4S. The Morgan fingerprint density at radius 1 is 1.16 bits per heavy atom. The van der Waals surface area contributed by atoms with Crippen molar-refractivity contribution in [1.29, 1.82) is 0 Å². The summed E-state index contributed by atoms with van der Waals surface area (Å²) in [6.07, 6.45) is 7.46. The number of nitrogens with one attached hydrogen (secondary N) is 1. The lowest BCUT2D eigenvalue weighted by Gasteiger charge is -2.47. The van der Waals surface area contributed by atoms with Crippen LogP contribution in [0.5, 0.6) is 5.75 Å². The van der Waals surface area contributed by atoms with Crippen molar-refractivity contribution < 1.29 is 27.3 Å². The number of amides is 1. The Hall–Kier alpha value is -2.49. The van der Waals surface area contributed by atoms with Gasteiger partial charge in [0.05, 0.1) is 23.6 Å². The summed E-state index contributed by atoms with van der Waals surface area (Å²) in [6.45, 7) is 6.07. The summed E-state index contributed by atoms with van der Waals surface area (Å²) in [5.41, 5.74) is 3.05. The minimum Gasteiger partial charge on any atom is -0.491 e. The smallest absolute Gasteiger partial charge is 0.263 e. The van der Waals surface area contributed by atoms with Gasteiger partial charge in [-0.2, -0.15) is 0 Å². The van der Waals surface area contributed by atoms with Crippen LogP contribution in [0.1, 0.15) is 61.9 Å². The highest BCUT2D eigenvalue weighted by atomic mass is 35.5. The van der Waals surface area contributed by atoms with Gasteiger partial charge < -0.3 is 14.4 Å². The van der Waals surface area contributed by atoms with Crippen LogP contribution < -0.4 is 14.4 Å². The van der Waals surface area contributed by atoms with Crippen LogP contribution in [0, 0.1) is 41.2 Å². The molecule has 0 spiro atoms. The molecule has 44 heavy (non-hydrogen) atoms. The summed E-state index contributed by atoms with van der Waals surface area (Å²) in [5.74, 6) is 0.387. The van der Waals surface area contributed by atoms with E-state index in [9.17, 15) is 17.8 Å². The van der Waals surface area contributed by atoms with E-state index in [1.807, 2.05) is 19.1 Å². The number of fused-ring (bicyclic) bond motifs is 4. The molecular weight excluding hydrogens is 606 g/mol. The molecule has 2 aliphatic carbocycles. The molecule has 1 saturated carbocycles. The third-order valence-corrected chi connectivity index (χ3v) is 12.3. The molecule has 1 fully saturated rings. The summed E-state index contributed by atoms with van der Waals surface area (Å²) in [7, 11) is 0.272. The number of carbonyl (C=O) groups is 1. The molecule has 3 heterocycles. The molecule has 1 amide bonds. The van der Waals surface area contributed by atoms with Crippen LogP contribution in [0.4, 0.5) is 14.5 Å². The second kappa shape index (κ2) is 13.1. The first kappa shape index (κ1) is 31.5. The van der Waals surface area contributed by atoms with Crippen molar-refractivity contribution in [3.8, 4) is 5.75 Å². The number of allylic oxidation sites excluding steroid dienone is 1. The average molecular weight is 647 g/mol. The first-order valence-corrected chi connectivity index (χ1v) is 17.3. The quantitative estimate of drug-likeness (QED) is 0.284. The van der Waals surface area contributed by atoms with Crippen LogP contribution in [0.25, 0.3) is 0 Å². The molecule has 6 nitrogen and oxygen atoms in total. The second-order valence-electron chi connectivity index (χ2n) is 13.1. The maximum absolute atomic E-state index is 14.5. The number of nitrogens with zero attached hydrogens (tertiary/aromatic N) is 1. The van der Waals surface area contributed by atoms with Crippen molar-refractivity contribution in [3.05, 3.63) is 69.8 Å². The van der Waals surface area contributed by atoms with Crippen molar-refractivity contribution >= 4 is 34.2 Å². The molecule has 0 saturated heterocycles. The molecule has 2 aromatic rings. The van der Waals surface area contributed by atoms with Gasteiger partial charge in [0.25, 0.3) is 5.91 Å². The van der Waals surface area contributed by atoms with Crippen LogP contribution in [0.2, 0.25) is 5.02 Å². The number of halogens is 3. The Bertz CT molecular complexity index is 1470. The van der Waals surface area contributed by atoms with Gasteiger partial charge >= 0.3 is 0 Å². The molecule has 6 unspecified atom stereocenters. The van der Waals surface area contributed by atoms with Crippen LogP contribution >= 0.6 is 11.6 Å². The lowest BCUT2D eigenvalue weighted by molar-refractivity contribution is -0.000353. The van der Waals surface area contributed by atoms with Crippen LogP contribution in [-0.2, 0) is 22.1 Å². The lowest BCUT2D eigenvalue weighted by atomic mass is 9.64. The Labute approximate surface area is 266 Å². The monoisotopic (exact) mass is 646 g/mol. The summed E-state index contributed by atoms with van der Waals surface area (Å²) in [5, 5.41) is -0.661. The highest BCUT2D eigenvalue weighted by Gasteiger charge is 2.44. The molecule has 238 valence electrons. The first-order valence-electron chi connectivity index (χ1n) is 15.7. The van der Waals surface area contributed by atoms with Gasteiger partial charge in [-0.25, -0.2) is 13.0 Å². The van der Waals surface area contributed by atoms with Crippen LogP contribution in [-0.4, -0.2) is 48.3 Å². The summed E-state index contributed by atoms with van der Waals surface area (Å²) >= 11 is 5.80. The SMILES string of the molecule is COC1C2=C[C@@H](C2)[C@H](C)C(C)S(=O)NC(=O)c2ccc3c(c2)N(CC(CCCc2ccc(F)c(Cl)c2F)CO3)CC2CCC21. The zero-order valence-electron chi connectivity index (χ0n) is 25.5. The summed E-state index contributed by atoms with van der Waals surface area (Å²) in [4.78, 5) is 15.6. The highest BCUT2D eigenvalue weighted by molar-refractivity contribution is 7.84. The van der Waals surface area contributed by atoms with E-state index in [0.29, 0.717) is 54.1 Å². The lowest BCUT2D eigenvalue weighted by Crippen LogP contribution is -2.47. The van der Waals surface area contributed by atoms with Gasteiger partial charge in [-0.05, 0) is 105 Å². The molecule has 2 aromatic carbocycles.